The van der Waals surface area contributed by atoms with Crippen LogP contribution in [-0.4, -0.2) is 39.5 Å². The minimum atomic E-state index is -3.33. The van der Waals surface area contributed by atoms with Crippen molar-refractivity contribution in [3.8, 4) is 5.75 Å². The Balaban J connectivity index is 1.79. The van der Waals surface area contributed by atoms with Gasteiger partial charge in [-0.1, -0.05) is 12.1 Å². The van der Waals surface area contributed by atoms with Crippen LogP contribution in [0.2, 0.25) is 0 Å². The van der Waals surface area contributed by atoms with Crippen LogP contribution in [0.1, 0.15) is 31.2 Å². The molecule has 0 aliphatic heterocycles. The molecule has 1 fully saturated rings. The molecule has 0 unspecified atom stereocenters. The molecular weight excluding hydrogens is 288 g/mol. The summed E-state index contributed by atoms with van der Waals surface area (Å²) < 4.78 is 32.7. The maximum absolute atomic E-state index is 11.6. The van der Waals surface area contributed by atoms with Crippen LogP contribution in [0.4, 0.5) is 0 Å². The highest BCUT2D eigenvalue weighted by atomic mass is 32.2. The molecule has 1 aliphatic rings. The molecule has 0 aromatic heterocycles. The second-order valence-corrected chi connectivity index (χ2v) is 7.57. The van der Waals surface area contributed by atoms with Crippen molar-refractivity contribution in [3.05, 3.63) is 29.8 Å². The van der Waals surface area contributed by atoms with Crippen LogP contribution in [0.25, 0.3) is 0 Å². The van der Waals surface area contributed by atoms with Crippen molar-refractivity contribution in [3.63, 3.8) is 0 Å². The predicted molar refractivity (Wildman–Crippen MR) is 83.6 cm³/mol. The van der Waals surface area contributed by atoms with E-state index >= 15 is 0 Å². The fourth-order valence-corrected chi connectivity index (χ4v) is 3.01. The van der Waals surface area contributed by atoms with Gasteiger partial charge in [-0.25, -0.2) is 4.72 Å². The topological polar surface area (TPSA) is 58.6 Å². The second kappa shape index (κ2) is 7.24. The van der Waals surface area contributed by atoms with E-state index in [0.717, 1.165) is 24.2 Å². The summed E-state index contributed by atoms with van der Waals surface area (Å²) in [5, 5.41) is 0. The van der Waals surface area contributed by atoms with E-state index in [1.807, 2.05) is 24.3 Å². The van der Waals surface area contributed by atoms with E-state index in [-0.39, 0.29) is 0 Å². The third-order valence-electron chi connectivity index (χ3n) is 3.71. The molecule has 5 nitrogen and oxygen atoms in total. The van der Waals surface area contributed by atoms with E-state index < -0.39 is 10.2 Å². The number of ether oxygens (including phenoxy) is 1. The van der Waals surface area contributed by atoms with Crippen molar-refractivity contribution < 1.29 is 13.2 Å². The zero-order valence-corrected chi connectivity index (χ0v) is 13.5. The lowest BCUT2D eigenvalue weighted by Crippen LogP contribution is -2.36. The highest BCUT2D eigenvalue weighted by molar-refractivity contribution is 7.87. The first kappa shape index (κ1) is 16.3. The third-order valence-corrected chi connectivity index (χ3v) is 5.24. The lowest BCUT2D eigenvalue weighted by molar-refractivity contribution is 0.210. The SMILES string of the molecule is CN(C)S(=O)(=O)NCCc1ccc(OC2CCCC2)cc1. The molecule has 0 radical (unpaired) electrons. The first-order chi connectivity index (χ1) is 9.97. The minimum Gasteiger partial charge on any atom is -0.490 e. The number of hydrogen-bond acceptors (Lipinski definition) is 3. The zero-order chi connectivity index (χ0) is 15.3. The van der Waals surface area contributed by atoms with Crippen LogP contribution in [0.15, 0.2) is 24.3 Å². The number of nitrogens with zero attached hydrogens (tertiary/aromatic N) is 1. The van der Waals surface area contributed by atoms with E-state index in [1.165, 1.54) is 31.2 Å². The Morgan fingerprint density at radius 2 is 1.81 bits per heavy atom. The van der Waals surface area contributed by atoms with Crippen LogP contribution in [-0.2, 0) is 16.6 Å². The molecule has 0 heterocycles. The Bertz CT molecular complexity index is 535. The second-order valence-electron chi connectivity index (χ2n) is 5.60. The predicted octanol–water partition coefficient (Wildman–Crippen LogP) is 1.95. The number of benzene rings is 1. The molecule has 1 aliphatic carbocycles. The molecule has 1 aromatic carbocycles. The van der Waals surface area contributed by atoms with Crippen molar-refractivity contribution in [2.75, 3.05) is 20.6 Å². The number of hydrogen-bond donors (Lipinski definition) is 1. The summed E-state index contributed by atoms with van der Waals surface area (Å²) in [4.78, 5) is 0. The van der Waals surface area contributed by atoms with Crippen molar-refractivity contribution in [1.29, 1.82) is 0 Å². The lowest BCUT2D eigenvalue weighted by atomic mass is 10.1. The standard InChI is InChI=1S/C15H24N2O3S/c1-17(2)21(18,19)16-12-11-13-7-9-15(10-8-13)20-14-5-3-4-6-14/h7-10,14,16H,3-6,11-12H2,1-2H3. The summed E-state index contributed by atoms with van der Waals surface area (Å²) in [6, 6.07) is 7.92. The van der Waals surface area contributed by atoms with Gasteiger partial charge in [-0.3, -0.25) is 0 Å². The van der Waals surface area contributed by atoms with Gasteiger partial charge < -0.3 is 4.74 Å². The molecule has 21 heavy (non-hydrogen) atoms. The van der Waals surface area contributed by atoms with Gasteiger partial charge in [0, 0.05) is 20.6 Å². The molecule has 1 aromatic rings. The molecule has 1 N–H and O–H groups in total. The van der Waals surface area contributed by atoms with Gasteiger partial charge in [0.05, 0.1) is 6.10 Å². The van der Waals surface area contributed by atoms with Gasteiger partial charge in [0.15, 0.2) is 0 Å². The van der Waals surface area contributed by atoms with Gasteiger partial charge in [0.1, 0.15) is 5.75 Å². The van der Waals surface area contributed by atoms with Gasteiger partial charge in [-0.2, -0.15) is 12.7 Å². The quantitative estimate of drug-likeness (QED) is 0.837. The lowest BCUT2D eigenvalue weighted by Gasteiger charge is -2.14. The van der Waals surface area contributed by atoms with Gasteiger partial charge in [-0.15, -0.1) is 0 Å². The maximum atomic E-state index is 11.6. The average molecular weight is 312 g/mol. The van der Waals surface area contributed by atoms with E-state index in [1.54, 1.807) is 0 Å². The Labute approximate surface area is 127 Å². The Morgan fingerprint density at radius 1 is 1.19 bits per heavy atom. The molecule has 2 rings (SSSR count). The summed E-state index contributed by atoms with van der Waals surface area (Å²) in [5.74, 6) is 0.902. The van der Waals surface area contributed by atoms with Crippen LogP contribution < -0.4 is 9.46 Å². The highest BCUT2D eigenvalue weighted by Crippen LogP contribution is 2.24. The molecule has 1 saturated carbocycles. The van der Waals surface area contributed by atoms with Crippen molar-refractivity contribution in [2.24, 2.45) is 0 Å². The Morgan fingerprint density at radius 3 is 2.38 bits per heavy atom. The van der Waals surface area contributed by atoms with Gasteiger partial charge in [0.25, 0.3) is 10.2 Å². The first-order valence-electron chi connectivity index (χ1n) is 7.40. The Kier molecular flexibility index (Phi) is 5.61. The molecule has 118 valence electrons. The molecule has 0 atom stereocenters. The summed E-state index contributed by atoms with van der Waals surface area (Å²) in [6.07, 6.45) is 5.84. The normalized spacial score (nSPS) is 16.5. The molecule has 0 spiro atoms. The summed E-state index contributed by atoms with van der Waals surface area (Å²) in [7, 11) is -0.311. The maximum Gasteiger partial charge on any atom is 0.278 e. The summed E-state index contributed by atoms with van der Waals surface area (Å²) in [6.45, 7) is 0.392. The number of nitrogens with one attached hydrogen (secondary N) is 1. The van der Waals surface area contributed by atoms with Crippen molar-refractivity contribution >= 4 is 10.2 Å². The molecule has 0 amide bonds. The van der Waals surface area contributed by atoms with Gasteiger partial charge in [-0.05, 0) is 49.8 Å². The fourth-order valence-electron chi connectivity index (χ4n) is 2.39. The molecule has 0 bridgehead atoms. The van der Waals surface area contributed by atoms with Crippen molar-refractivity contribution in [2.45, 2.75) is 38.2 Å². The van der Waals surface area contributed by atoms with Crippen molar-refractivity contribution in [1.82, 2.24) is 9.03 Å². The fraction of sp³-hybridized carbons (Fsp3) is 0.600. The summed E-state index contributed by atoms with van der Waals surface area (Å²) in [5.41, 5.74) is 1.09. The van der Waals surface area contributed by atoms with Crippen LogP contribution >= 0.6 is 0 Å². The van der Waals surface area contributed by atoms with Crippen LogP contribution in [0.3, 0.4) is 0 Å². The van der Waals surface area contributed by atoms with Gasteiger partial charge >= 0.3 is 0 Å². The average Bonchev–Trinajstić information content (AvgIpc) is 2.93. The van der Waals surface area contributed by atoms with E-state index in [9.17, 15) is 8.42 Å². The highest BCUT2D eigenvalue weighted by Gasteiger charge is 2.16. The molecule has 0 saturated heterocycles. The number of rotatable bonds is 7. The van der Waals surface area contributed by atoms with Crippen LogP contribution in [0, 0.1) is 0 Å². The smallest absolute Gasteiger partial charge is 0.278 e. The van der Waals surface area contributed by atoms with Crippen LogP contribution in [0.5, 0.6) is 5.75 Å². The molecular formula is C15H24N2O3S. The zero-order valence-electron chi connectivity index (χ0n) is 12.7. The largest absolute Gasteiger partial charge is 0.490 e. The molecule has 6 heteroatoms. The first-order valence-corrected chi connectivity index (χ1v) is 8.84. The Hall–Kier alpha value is -1.11. The monoisotopic (exact) mass is 312 g/mol. The summed E-state index contributed by atoms with van der Waals surface area (Å²) >= 11 is 0. The van der Waals surface area contributed by atoms with Gasteiger partial charge in [0.2, 0.25) is 0 Å². The minimum absolute atomic E-state index is 0.364. The van der Waals surface area contributed by atoms with E-state index in [2.05, 4.69) is 4.72 Å². The van der Waals surface area contributed by atoms with E-state index in [0.29, 0.717) is 19.1 Å². The third kappa shape index (κ3) is 4.98. The van der Waals surface area contributed by atoms with E-state index in [4.69, 9.17) is 4.74 Å².